The highest BCUT2D eigenvalue weighted by atomic mass is 15.2. The molecular formula is C12H22N4. The number of nitrogens with zero attached hydrogens (tertiary/aromatic N) is 3. The minimum absolute atomic E-state index is 0.267. The quantitative estimate of drug-likeness (QED) is 0.841. The van der Waals surface area contributed by atoms with E-state index in [-0.39, 0.29) is 5.41 Å². The van der Waals surface area contributed by atoms with Gasteiger partial charge in [-0.2, -0.15) is 0 Å². The summed E-state index contributed by atoms with van der Waals surface area (Å²) in [6.45, 7) is 8.35. The third kappa shape index (κ3) is 4.14. The Morgan fingerprint density at radius 2 is 2.06 bits per heavy atom. The van der Waals surface area contributed by atoms with E-state index in [9.17, 15) is 0 Å². The molecule has 1 rings (SSSR count). The molecule has 0 spiro atoms. The molecule has 0 radical (unpaired) electrons. The van der Waals surface area contributed by atoms with Crippen molar-refractivity contribution in [3.63, 3.8) is 0 Å². The average molecular weight is 222 g/mol. The second-order valence-corrected chi connectivity index (χ2v) is 5.28. The molecule has 0 saturated carbocycles. The number of anilines is 1. The normalized spacial score (nSPS) is 11.6. The molecule has 0 aliphatic heterocycles. The van der Waals surface area contributed by atoms with E-state index in [1.54, 1.807) is 0 Å². The molecular weight excluding hydrogens is 200 g/mol. The number of hydrogen-bond donors (Lipinski definition) is 1. The van der Waals surface area contributed by atoms with Crippen LogP contribution in [-0.2, 0) is 6.54 Å². The van der Waals surface area contributed by atoms with Crippen LogP contribution in [0.3, 0.4) is 0 Å². The molecule has 0 aliphatic carbocycles. The molecule has 90 valence electrons. The Morgan fingerprint density at radius 3 is 2.62 bits per heavy atom. The zero-order valence-corrected chi connectivity index (χ0v) is 10.9. The molecule has 4 heteroatoms. The van der Waals surface area contributed by atoms with Crippen LogP contribution >= 0.6 is 0 Å². The van der Waals surface area contributed by atoms with Crippen LogP contribution < -0.4 is 10.2 Å². The van der Waals surface area contributed by atoms with Crippen molar-refractivity contribution in [2.75, 3.05) is 25.5 Å². The van der Waals surface area contributed by atoms with Crippen LogP contribution in [0.5, 0.6) is 0 Å². The number of aromatic nitrogens is 2. The third-order valence-electron chi connectivity index (χ3n) is 2.13. The summed E-state index contributed by atoms with van der Waals surface area (Å²) in [6.07, 6.45) is 1.81. The Hall–Kier alpha value is -1.16. The van der Waals surface area contributed by atoms with E-state index in [1.165, 1.54) is 0 Å². The van der Waals surface area contributed by atoms with Gasteiger partial charge >= 0.3 is 0 Å². The topological polar surface area (TPSA) is 41.1 Å². The second-order valence-electron chi connectivity index (χ2n) is 5.28. The Balaban J connectivity index is 2.75. The highest BCUT2D eigenvalue weighted by molar-refractivity contribution is 5.36. The second kappa shape index (κ2) is 5.25. The first kappa shape index (κ1) is 12.9. The lowest BCUT2D eigenvalue weighted by Gasteiger charge is -2.27. The van der Waals surface area contributed by atoms with Gasteiger partial charge in [-0.1, -0.05) is 20.8 Å². The fraction of sp³-hybridized carbons (Fsp3) is 0.667. The van der Waals surface area contributed by atoms with Crippen LogP contribution in [0.1, 0.15) is 26.6 Å². The van der Waals surface area contributed by atoms with Crippen molar-refractivity contribution in [1.82, 2.24) is 15.3 Å². The maximum absolute atomic E-state index is 4.50. The zero-order valence-electron chi connectivity index (χ0n) is 10.9. The third-order valence-corrected chi connectivity index (χ3v) is 2.13. The molecule has 0 atom stereocenters. The Kier molecular flexibility index (Phi) is 4.24. The molecule has 0 aromatic carbocycles. The van der Waals surface area contributed by atoms with Crippen LogP contribution in [0.25, 0.3) is 0 Å². The molecule has 0 aliphatic rings. The SMILES string of the molecule is CNCc1nccc(N(C)CC(C)(C)C)n1. The van der Waals surface area contributed by atoms with Gasteiger partial charge in [-0.25, -0.2) is 9.97 Å². The van der Waals surface area contributed by atoms with Crippen molar-refractivity contribution in [3.05, 3.63) is 18.1 Å². The molecule has 0 unspecified atom stereocenters. The minimum atomic E-state index is 0.267. The number of nitrogens with one attached hydrogen (secondary N) is 1. The molecule has 0 fully saturated rings. The number of hydrogen-bond acceptors (Lipinski definition) is 4. The number of rotatable bonds is 4. The smallest absolute Gasteiger partial charge is 0.144 e. The van der Waals surface area contributed by atoms with Gasteiger partial charge in [-0.05, 0) is 18.5 Å². The van der Waals surface area contributed by atoms with Crippen molar-refractivity contribution in [2.45, 2.75) is 27.3 Å². The molecule has 1 aromatic rings. The molecule has 1 aromatic heterocycles. The van der Waals surface area contributed by atoms with Crippen LogP contribution in [-0.4, -0.2) is 30.6 Å². The molecule has 0 amide bonds. The molecule has 4 nitrogen and oxygen atoms in total. The lowest BCUT2D eigenvalue weighted by molar-refractivity contribution is 0.417. The average Bonchev–Trinajstić information content (AvgIpc) is 2.16. The fourth-order valence-corrected chi connectivity index (χ4v) is 1.64. The van der Waals surface area contributed by atoms with Gasteiger partial charge in [-0.3, -0.25) is 0 Å². The molecule has 16 heavy (non-hydrogen) atoms. The molecule has 0 bridgehead atoms. The van der Waals surface area contributed by atoms with Crippen LogP contribution in [0.4, 0.5) is 5.82 Å². The van der Waals surface area contributed by atoms with Crippen molar-refractivity contribution >= 4 is 5.82 Å². The first-order chi connectivity index (χ1) is 7.42. The first-order valence-corrected chi connectivity index (χ1v) is 5.60. The summed E-state index contributed by atoms with van der Waals surface area (Å²) in [5.41, 5.74) is 0.267. The van der Waals surface area contributed by atoms with E-state index < -0.39 is 0 Å². The molecule has 1 heterocycles. The Bertz CT molecular complexity index is 330. The first-order valence-electron chi connectivity index (χ1n) is 5.60. The summed E-state index contributed by atoms with van der Waals surface area (Å²) >= 11 is 0. The maximum atomic E-state index is 4.50. The van der Waals surface area contributed by atoms with Gasteiger partial charge in [0.05, 0.1) is 6.54 Å². The van der Waals surface area contributed by atoms with E-state index in [4.69, 9.17) is 0 Å². The molecule has 0 saturated heterocycles. The van der Waals surface area contributed by atoms with Crippen molar-refractivity contribution in [1.29, 1.82) is 0 Å². The van der Waals surface area contributed by atoms with E-state index >= 15 is 0 Å². The zero-order chi connectivity index (χ0) is 12.2. The summed E-state index contributed by atoms with van der Waals surface area (Å²) < 4.78 is 0. The fourth-order valence-electron chi connectivity index (χ4n) is 1.64. The van der Waals surface area contributed by atoms with Crippen molar-refractivity contribution in [2.24, 2.45) is 5.41 Å². The summed E-state index contributed by atoms with van der Waals surface area (Å²) in [4.78, 5) is 10.9. The van der Waals surface area contributed by atoms with E-state index in [0.29, 0.717) is 6.54 Å². The van der Waals surface area contributed by atoms with Gasteiger partial charge in [0.15, 0.2) is 0 Å². The monoisotopic (exact) mass is 222 g/mol. The van der Waals surface area contributed by atoms with Crippen LogP contribution in [0, 0.1) is 5.41 Å². The summed E-state index contributed by atoms with van der Waals surface area (Å²) in [5.74, 6) is 1.82. The van der Waals surface area contributed by atoms with Gasteiger partial charge in [-0.15, -0.1) is 0 Å². The summed E-state index contributed by atoms with van der Waals surface area (Å²) in [6, 6.07) is 1.95. The standard InChI is InChI=1S/C12H22N4/c1-12(2,3)9-16(5)11-6-7-14-10(15-11)8-13-4/h6-7,13H,8-9H2,1-5H3. The van der Waals surface area contributed by atoms with Gasteiger partial charge < -0.3 is 10.2 Å². The minimum Gasteiger partial charge on any atom is -0.359 e. The van der Waals surface area contributed by atoms with Gasteiger partial charge in [0, 0.05) is 19.8 Å². The lowest BCUT2D eigenvalue weighted by Crippen LogP contribution is -2.30. The summed E-state index contributed by atoms with van der Waals surface area (Å²) in [7, 11) is 3.96. The Labute approximate surface area is 98.1 Å². The van der Waals surface area contributed by atoms with Gasteiger partial charge in [0.25, 0.3) is 0 Å². The van der Waals surface area contributed by atoms with Crippen LogP contribution in [0.2, 0.25) is 0 Å². The highest BCUT2D eigenvalue weighted by Crippen LogP contribution is 2.18. The van der Waals surface area contributed by atoms with Crippen molar-refractivity contribution in [3.8, 4) is 0 Å². The van der Waals surface area contributed by atoms with E-state index in [2.05, 4.69) is 48.0 Å². The molecule has 1 N–H and O–H groups in total. The Morgan fingerprint density at radius 1 is 1.38 bits per heavy atom. The predicted octanol–water partition coefficient (Wildman–Crippen LogP) is 1.68. The highest BCUT2D eigenvalue weighted by Gasteiger charge is 2.14. The largest absolute Gasteiger partial charge is 0.359 e. The van der Waals surface area contributed by atoms with E-state index in [0.717, 1.165) is 18.2 Å². The lowest BCUT2D eigenvalue weighted by atomic mass is 9.96. The van der Waals surface area contributed by atoms with Gasteiger partial charge in [0.2, 0.25) is 0 Å². The maximum Gasteiger partial charge on any atom is 0.144 e. The van der Waals surface area contributed by atoms with Crippen molar-refractivity contribution < 1.29 is 0 Å². The van der Waals surface area contributed by atoms with Crippen LogP contribution in [0.15, 0.2) is 12.3 Å². The van der Waals surface area contributed by atoms with E-state index in [1.807, 2.05) is 19.3 Å². The van der Waals surface area contributed by atoms with Gasteiger partial charge in [0.1, 0.15) is 11.6 Å². The predicted molar refractivity (Wildman–Crippen MR) is 67.5 cm³/mol. The summed E-state index contributed by atoms with van der Waals surface area (Å²) in [5, 5.41) is 3.05.